The molecule has 1 fully saturated rings. The van der Waals surface area contributed by atoms with Crippen molar-refractivity contribution in [3.63, 3.8) is 0 Å². The van der Waals surface area contributed by atoms with Crippen molar-refractivity contribution in [3.05, 3.63) is 83.4 Å². The van der Waals surface area contributed by atoms with Crippen LogP contribution in [0.15, 0.2) is 72.8 Å². The van der Waals surface area contributed by atoms with Crippen molar-refractivity contribution in [1.82, 2.24) is 5.32 Å². The maximum Gasteiger partial charge on any atom is 0.236 e. The molecule has 33 heavy (non-hydrogen) atoms. The summed E-state index contributed by atoms with van der Waals surface area (Å²) in [6.07, 6.45) is 0. The van der Waals surface area contributed by atoms with E-state index < -0.39 is 17.7 Å². The van der Waals surface area contributed by atoms with Crippen LogP contribution in [0.4, 0.5) is 11.4 Å². The van der Waals surface area contributed by atoms with E-state index in [0.29, 0.717) is 27.3 Å². The van der Waals surface area contributed by atoms with Crippen LogP contribution in [0, 0.1) is 5.92 Å². The Kier molecular flexibility index (Phi) is 5.38. The Hall–Kier alpha value is -3.29. The van der Waals surface area contributed by atoms with Gasteiger partial charge < -0.3 is 20.1 Å². The van der Waals surface area contributed by atoms with Gasteiger partial charge in [-0.05, 0) is 61.6 Å². The van der Waals surface area contributed by atoms with Gasteiger partial charge in [-0.2, -0.15) is 0 Å². The van der Waals surface area contributed by atoms with Gasteiger partial charge in [0, 0.05) is 22.0 Å². The molecule has 2 bridgehead atoms. The van der Waals surface area contributed by atoms with Crippen molar-refractivity contribution < 1.29 is 14.3 Å². The Balaban J connectivity index is 1.64. The Bertz CT molecular complexity index is 1220. The lowest BCUT2D eigenvalue weighted by Crippen LogP contribution is -2.72. The monoisotopic (exact) mass is 479 g/mol. The third-order valence-corrected chi connectivity index (χ3v) is 6.67. The quantitative estimate of drug-likeness (QED) is 0.505. The summed E-state index contributed by atoms with van der Waals surface area (Å²) in [5, 5.41) is 7.50. The highest BCUT2D eigenvalue weighted by Crippen LogP contribution is 2.52. The molecule has 2 heterocycles. The number of hydrogen-bond donors (Lipinski definition) is 2. The van der Waals surface area contributed by atoms with Gasteiger partial charge in [0.15, 0.2) is 22.3 Å². The lowest BCUT2D eigenvalue weighted by Gasteiger charge is -2.56. The predicted octanol–water partition coefficient (Wildman–Crippen LogP) is 5.15. The lowest BCUT2D eigenvalue weighted by molar-refractivity contribution is -0.130. The molecule has 2 aliphatic rings. The number of ether oxygens (including phenoxy) is 2. The number of rotatable bonds is 4. The molecule has 2 aliphatic heterocycles. The number of nitrogens with one attached hydrogen (secondary N) is 2. The molecular formula is C25H22ClN3O3S. The zero-order chi connectivity index (χ0) is 23.2. The Labute approximate surface area is 202 Å². The topological polar surface area (TPSA) is 62.8 Å². The van der Waals surface area contributed by atoms with Gasteiger partial charge in [-0.15, -0.1) is 0 Å². The Morgan fingerprint density at radius 1 is 1.12 bits per heavy atom. The summed E-state index contributed by atoms with van der Waals surface area (Å²) in [6, 6.07) is 21.9. The first-order valence-electron chi connectivity index (χ1n) is 10.5. The van der Waals surface area contributed by atoms with Crippen molar-refractivity contribution in [1.29, 1.82) is 0 Å². The summed E-state index contributed by atoms with van der Waals surface area (Å²) in [6.45, 7) is 1.89. The molecule has 0 radical (unpaired) electrons. The first-order valence-corrected chi connectivity index (χ1v) is 11.3. The fraction of sp³-hybridized carbons (Fsp3) is 0.200. The SMILES string of the molecule is COc1cccc2c1O[C@@]1(C)[C@H](C(=O)Nc3ccc(Cl)cc3)[C@H]2NC(=S)N1c1ccccc1. The van der Waals surface area contributed by atoms with Crippen LogP contribution in [0.25, 0.3) is 0 Å². The maximum absolute atomic E-state index is 13.8. The van der Waals surface area contributed by atoms with Gasteiger partial charge in [0.2, 0.25) is 5.91 Å². The van der Waals surface area contributed by atoms with Crippen LogP contribution in [-0.4, -0.2) is 23.9 Å². The summed E-state index contributed by atoms with van der Waals surface area (Å²) in [5.74, 6) is 0.357. The van der Waals surface area contributed by atoms with Crippen LogP contribution in [0.5, 0.6) is 11.5 Å². The predicted molar refractivity (Wildman–Crippen MR) is 133 cm³/mol. The van der Waals surface area contributed by atoms with Crippen LogP contribution < -0.4 is 25.0 Å². The molecule has 2 N–H and O–H groups in total. The summed E-state index contributed by atoms with van der Waals surface area (Å²) in [5.41, 5.74) is 1.17. The highest BCUT2D eigenvalue weighted by molar-refractivity contribution is 7.80. The molecule has 0 saturated carbocycles. The Morgan fingerprint density at radius 3 is 2.55 bits per heavy atom. The first-order chi connectivity index (χ1) is 15.9. The third-order valence-electron chi connectivity index (χ3n) is 6.12. The number of nitrogens with zero attached hydrogens (tertiary/aromatic N) is 1. The number of anilines is 2. The lowest BCUT2D eigenvalue weighted by atomic mass is 9.78. The second-order valence-electron chi connectivity index (χ2n) is 8.11. The van der Waals surface area contributed by atoms with Crippen molar-refractivity contribution in [2.75, 3.05) is 17.3 Å². The van der Waals surface area contributed by atoms with Gasteiger partial charge >= 0.3 is 0 Å². The van der Waals surface area contributed by atoms with Crippen molar-refractivity contribution >= 4 is 46.2 Å². The number of carbonyl (C=O) groups is 1. The highest BCUT2D eigenvalue weighted by atomic mass is 35.5. The minimum atomic E-state index is -1.12. The molecule has 0 unspecified atom stereocenters. The smallest absolute Gasteiger partial charge is 0.236 e. The molecule has 168 valence electrons. The normalized spacial score (nSPS) is 23.1. The molecule has 8 heteroatoms. The minimum Gasteiger partial charge on any atom is -0.493 e. The molecule has 1 amide bonds. The molecule has 3 atom stereocenters. The number of hydrogen-bond acceptors (Lipinski definition) is 4. The zero-order valence-corrected chi connectivity index (χ0v) is 19.6. The summed E-state index contributed by atoms with van der Waals surface area (Å²) < 4.78 is 12.2. The minimum absolute atomic E-state index is 0.200. The number of amides is 1. The molecule has 6 nitrogen and oxygen atoms in total. The number of para-hydroxylation sites is 2. The van der Waals surface area contributed by atoms with E-state index in [-0.39, 0.29) is 5.91 Å². The molecule has 0 spiro atoms. The molecule has 0 aromatic heterocycles. The fourth-order valence-electron chi connectivity index (χ4n) is 4.65. The number of benzene rings is 3. The van der Waals surface area contributed by atoms with Crippen LogP contribution in [0.2, 0.25) is 5.02 Å². The van der Waals surface area contributed by atoms with Crippen molar-refractivity contribution in [2.24, 2.45) is 5.92 Å². The zero-order valence-electron chi connectivity index (χ0n) is 18.0. The van der Waals surface area contributed by atoms with E-state index in [1.54, 1.807) is 31.4 Å². The molecule has 3 aromatic rings. The van der Waals surface area contributed by atoms with E-state index in [4.69, 9.17) is 33.3 Å². The van der Waals surface area contributed by atoms with Gasteiger partial charge in [0.25, 0.3) is 0 Å². The van der Waals surface area contributed by atoms with Gasteiger partial charge in [0.05, 0.1) is 13.2 Å². The second kappa shape index (κ2) is 8.24. The van der Waals surface area contributed by atoms with Gasteiger partial charge in [0.1, 0.15) is 5.92 Å². The molecule has 0 aliphatic carbocycles. The van der Waals surface area contributed by atoms with Crippen LogP contribution in [-0.2, 0) is 4.79 Å². The molecular weight excluding hydrogens is 458 g/mol. The van der Waals surface area contributed by atoms with E-state index in [1.165, 1.54) is 0 Å². The van der Waals surface area contributed by atoms with E-state index >= 15 is 0 Å². The van der Waals surface area contributed by atoms with E-state index in [1.807, 2.05) is 60.4 Å². The second-order valence-corrected chi connectivity index (χ2v) is 8.93. The standard InChI is InChI=1S/C25H22ClN3O3S/c1-25-20(23(30)27-16-13-11-15(26)12-14-16)21(18-9-6-10-19(31-2)22(18)32-25)28-24(33)29(25)17-7-4-3-5-8-17/h3-14,20-21H,1-2H3,(H,27,30)(H,28,33)/t20-,21-,25-/m0/s1. The summed E-state index contributed by atoms with van der Waals surface area (Å²) in [7, 11) is 1.60. The van der Waals surface area contributed by atoms with E-state index in [2.05, 4.69) is 10.6 Å². The van der Waals surface area contributed by atoms with E-state index in [9.17, 15) is 4.79 Å². The average Bonchev–Trinajstić information content (AvgIpc) is 2.80. The largest absolute Gasteiger partial charge is 0.493 e. The van der Waals surface area contributed by atoms with Crippen LogP contribution >= 0.6 is 23.8 Å². The number of thiocarbonyl (C=S) groups is 1. The number of fused-ring (bicyclic) bond motifs is 4. The molecule has 1 saturated heterocycles. The highest BCUT2D eigenvalue weighted by Gasteiger charge is 2.59. The Morgan fingerprint density at radius 2 is 1.85 bits per heavy atom. The van der Waals surface area contributed by atoms with E-state index in [0.717, 1.165) is 11.3 Å². The van der Waals surface area contributed by atoms with Crippen molar-refractivity contribution in [2.45, 2.75) is 18.7 Å². The molecule has 3 aromatic carbocycles. The average molecular weight is 480 g/mol. The van der Waals surface area contributed by atoms with Gasteiger partial charge in [-0.1, -0.05) is 41.9 Å². The number of halogens is 1. The number of methoxy groups -OCH3 is 1. The van der Waals surface area contributed by atoms with Crippen LogP contribution in [0.3, 0.4) is 0 Å². The first kappa shape index (κ1) is 21.6. The molecule has 5 rings (SSSR count). The number of carbonyl (C=O) groups excluding carboxylic acids is 1. The third kappa shape index (κ3) is 3.57. The summed E-state index contributed by atoms with van der Waals surface area (Å²) in [4.78, 5) is 15.6. The van der Waals surface area contributed by atoms with Gasteiger partial charge in [-0.25, -0.2) is 0 Å². The van der Waals surface area contributed by atoms with Crippen molar-refractivity contribution in [3.8, 4) is 11.5 Å². The van der Waals surface area contributed by atoms with Crippen LogP contribution in [0.1, 0.15) is 18.5 Å². The summed E-state index contributed by atoms with van der Waals surface area (Å²) >= 11 is 11.8. The maximum atomic E-state index is 13.8. The fourth-order valence-corrected chi connectivity index (χ4v) is 5.19. The van der Waals surface area contributed by atoms with Gasteiger partial charge in [-0.3, -0.25) is 9.69 Å².